The number of aromatic amines is 2. The molecule has 9 nitrogen and oxygen atoms in total. The van der Waals surface area contributed by atoms with Gasteiger partial charge in [0.25, 0.3) is 0 Å². The Morgan fingerprint density at radius 2 is 1.93 bits per heavy atom. The third-order valence-corrected chi connectivity index (χ3v) is 7.58. The van der Waals surface area contributed by atoms with Crippen molar-refractivity contribution in [2.45, 2.75) is 27.2 Å². The maximum atomic E-state index is 15.2. The lowest BCUT2D eigenvalue weighted by Crippen LogP contribution is -2.13. The summed E-state index contributed by atoms with van der Waals surface area (Å²) in [6, 6.07) is 10.4. The molecule has 6 rings (SSSR count). The lowest BCUT2D eigenvalue weighted by Gasteiger charge is -2.09. The summed E-state index contributed by atoms with van der Waals surface area (Å²) >= 11 is 1.36. The van der Waals surface area contributed by atoms with Crippen LogP contribution in [-0.4, -0.2) is 41.8 Å². The average Bonchev–Trinajstić information content (AvgIpc) is 3.66. The Morgan fingerprint density at radius 1 is 1.07 bits per heavy atom. The highest BCUT2D eigenvalue weighted by Crippen LogP contribution is 2.35. The second kappa shape index (κ2) is 10.1. The van der Waals surface area contributed by atoms with E-state index in [2.05, 4.69) is 30.5 Å². The van der Waals surface area contributed by atoms with E-state index >= 15 is 4.39 Å². The fraction of sp³-hybridized carbons (Fsp3) is 0.172. The van der Waals surface area contributed by atoms with Crippen LogP contribution in [0.2, 0.25) is 0 Å². The van der Waals surface area contributed by atoms with Gasteiger partial charge in [-0.05, 0) is 54.8 Å². The van der Waals surface area contributed by atoms with Gasteiger partial charge in [-0.2, -0.15) is 5.10 Å². The van der Waals surface area contributed by atoms with Gasteiger partial charge < -0.3 is 10.3 Å². The molecule has 1 aromatic carbocycles. The molecule has 11 heteroatoms. The molecule has 0 saturated carbocycles. The third kappa shape index (κ3) is 4.75. The van der Waals surface area contributed by atoms with Crippen LogP contribution in [0.3, 0.4) is 0 Å². The fourth-order valence-electron chi connectivity index (χ4n) is 4.56. The summed E-state index contributed by atoms with van der Waals surface area (Å²) < 4.78 is 15.2. The van der Waals surface area contributed by atoms with E-state index in [0.717, 1.165) is 10.4 Å². The van der Waals surface area contributed by atoms with E-state index in [-0.39, 0.29) is 23.1 Å². The molecule has 5 heterocycles. The first-order valence-corrected chi connectivity index (χ1v) is 13.5. The second-order valence-electron chi connectivity index (χ2n) is 9.92. The lowest BCUT2D eigenvalue weighted by atomic mass is 10.0. The first-order chi connectivity index (χ1) is 19.3. The van der Waals surface area contributed by atoms with Crippen molar-refractivity contribution in [2.24, 2.45) is 5.92 Å². The van der Waals surface area contributed by atoms with Gasteiger partial charge in [0.1, 0.15) is 22.4 Å². The van der Waals surface area contributed by atoms with Crippen molar-refractivity contribution in [3.05, 3.63) is 65.7 Å². The van der Waals surface area contributed by atoms with Crippen LogP contribution in [-0.2, 0) is 4.79 Å². The summed E-state index contributed by atoms with van der Waals surface area (Å²) in [5.41, 5.74) is 4.47. The van der Waals surface area contributed by atoms with Crippen LogP contribution in [0.1, 0.15) is 36.9 Å². The number of amides is 1. The number of rotatable bonds is 7. The Balaban J connectivity index is 1.40. The molecule has 40 heavy (non-hydrogen) atoms. The summed E-state index contributed by atoms with van der Waals surface area (Å²) in [5.74, 6) is 0.0798. The summed E-state index contributed by atoms with van der Waals surface area (Å²) in [4.78, 5) is 42.3. The molecule has 0 aliphatic rings. The number of fused-ring (bicyclic) bond motifs is 2. The molecule has 5 aromatic heterocycles. The van der Waals surface area contributed by atoms with Gasteiger partial charge in [-0.15, -0.1) is 11.3 Å². The molecule has 0 aliphatic carbocycles. The number of aromatic nitrogens is 6. The third-order valence-electron chi connectivity index (χ3n) is 6.39. The average molecular weight is 554 g/mol. The number of Topliss-reactive ketones (excluding diaryl/α,β-unsaturated/α-hetero) is 1. The molecule has 0 spiro atoms. The number of nitrogens with one attached hydrogen (secondary N) is 3. The first kappa shape index (κ1) is 25.5. The van der Waals surface area contributed by atoms with Gasteiger partial charge in [-0.25, -0.2) is 9.37 Å². The van der Waals surface area contributed by atoms with Gasteiger partial charge in [-0.3, -0.25) is 24.7 Å². The second-order valence-corrected chi connectivity index (χ2v) is 11.0. The number of hydrogen-bond acceptors (Lipinski definition) is 7. The number of imidazole rings is 1. The van der Waals surface area contributed by atoms with Crippen LogP contribution < -0.4 is 5.32 Å². The molecule has 0 radical (unpaired) electrons. The number of H-pyrrole nitrogens is 2. The maximum Gasteiger partial charge on any atom is 0.224 e. The van der Waals surface area contributed by atoms with Crippen LogP contribution in [0.15, 0.2) is 55.0 Å². The highest BCUT2D eigenvalue weighted by molar-refractivity contribution is 7.17. The standard InChI is InChI=1S/C29H24FN7O2S/c1-14(2)8-24(39)33-18-9-17(12-31-13-18)16-10-19-25(20(30)11-16)36-37-26(19)29-34-21-6-7-32-28(27(21)35-29)23-5-4-22(40-23)15(3)38/h4-7,9-14H,8H2,1-3H3,(H,33,39)(H,34,35)(H,36,37). The van der Waals surface area contributed by atoms with E-state index < -0.39 is 5.82 Å². The zero-order valence-electron chi connectivity index (χ0n) is 21.9. The van der Waals surface area contributed by atoms with Crippen molar-refractivity contribution in [1.29, 1.82) is 0 Å². The number of nitrogens with zero attached hydrogens (tertiary/aromatic N) is 4. The quantitative estimate of drug-likeness (QED) is 0.191. The molecular weight excluding hydrogens is 529 g/mol. The lowest BCUT2D eigenvalue weighted by molar-refractivity contribution is -0.116. The van der Waals surface area contributed by atoms with E-state index in [0.29, 0.717) is 56.2 Å². The van der Waals surface area contributed by atoms with Crippen LogP contribution in [0.25, 0.3) is 55.2 Å². The van der Waals surface area contributed by atoms with Gasteiger partial charge in [-0.1, -0.05) is 13.8 Å². The molecule has 0 saturated heterocycles. The number of anilines is 1. The molecule has 6 aromatic rings. The van der Waals surface area contributed by atoms with Crippen molar-refractivity contribution in [3.8, 4) is 33.2 Å². The van der Waals surface area contributed by atoms with Gasteiger partial charge in [0.2, 0.25) is 5.91 Å². The first-order valence-electron chi connectivity index (χ1n) is 12.7. The smallest absolute Gasteiger partial charge is 0.224 e. The fourth-order valence-corrected chi connectivity index (χ4v) is 5.46. The van der Waals surface area contributed by atoms with Gasteiger partial charge in [0, 0.05) is 29.8 Å². The highest BCUT2D eigenvalue weighted by atomic mass is 32.1. The minimum atomic E-state index is -0.502. The number of halogens is 1. The Bertz CT molecular complexity index is 1920. The zero-order chi connectivity index (χ0) is 28.0. The topological polar surface area (TPSA) is 129 Å². The minimum Gasteiger partial charge on any atom is -0.337 e. The predicted molar refractivity (Wildman–Crippen MR) is 154 cm³/mol. The summed E-state index contributed by atoms with van der Waals surface area (Å²) in [7, 11) is 0. The molecule has 0 bridgehead atoms. The normalized spacial score (nSPS) is 11.5. The number of pyridine rings is 2. The molecule has 1 amide bonds. The highest BCUT2D eigenvalue weighted by Gasteiger charge is 2.19. The molecule has 0 fully saturated rings. The van der Waals surface area contributed by atoms with Crippen LogP contribution >= 0.6 is 11.3 Å². The molecule has 200 valence electrons. The largest absolute Gasteiger partial charge is 0.337 e. The SMILES string of the molecule is CC(=O)c1ccc(-c2nccc3[nH]c(-c4[nH]nc5c(F)cc(-c6cncc(NC(=O)CC(C)C)c6)cc45)nc23)s1. The minimum absolute atomic E-state index is 0.00780. The van der Waals surface area contributed by atoms with Crippen molar-refractivity contribution in [1.82, 2.24) is 30.1 Å². The van der Waals surface area contributed by atoms with Gasteiger partial charge in [0.05, 0.1) is 27.2 Å². The number of benzene rings is 1. The van der Waals surface area contributed by atoms with Gasteiger partial charge in [0.15, 0.2) is 17.4 Å². The predicted octanol–water partition coefficient (Wildman–Crippen LogP) is 6.62. The molecule has 0 atom stereocenters. The van der Waals surface area contributed by atoms with Crippen molar-refractivity contribution >= 4 is 50.7 Å². The van der Waals surface area contributed by atoms with Gasteiger partial charge >= 0.3 is 0 Å². The molecular formula is C29H24FN7O2S. The maximum absolute atomic E-state index is 15.2. The van der Waals surface area contributed by atoms with Crippen LogP contribution in [0.4, 0.5) is 10.1 Å². The number of hydrogen-bond donors (Lipinski definition) is 3. The summed E-state index contributed by atoms with van der Waals surface area (Å²) in [6.45, 7) is 5.48. The van der Waals surface area contributed by atoms with E-state index in [9.17, 15) is 9.59 Å². The number of thiophene rings is 1. The molecule has 0 unspecified atom stereocenters. The Hall–Kier alpha value is -4.77. The molecule has 3 N–H and O–H groups in total. The van der Waals surface area contributed by atoms with Crippen LogP contribution in [0, 0.1) is 11.7 Å². The van der Waals surface area contributed by atoms with E-state index in [4.69, 9.17) is 4.98 Å². The van der Waals surface area contributed by atoms with Crippen molar-refractivity contribution in [3.63, 3.8) is 0 Å². The van der Waals surface area contributed by atoms with E-state index in [1.54, 1.807) is 30.7 Å². The van der Waals surface area contributed by atoms with E-state index in [1.807, 2.05) is 32.0 Å². The Morgan fingerprint density at radius 3 is 2.70 bits per heavy atom. The summed E-state index contributed by atoms with van der Waals surface area (Å²) in [6.07, 6.45) is 5.25. The molecule has 0 aliphatic heterocycles. The van der Waals surface area contributed by atoms with Crippen molar-refractivity contribution in [2.75, 3.05) is 5.32 Å². The number of ketones is 1. The zero-order valence-corrected chi connectivity index (χ0v) is 22.7. The van der Waals surface area contributed by atoms with Crippen LogP contribution in [0.5, 0.6) is 0 Å². The van der Waals surface area contributed by atoms with Crippen molar-refractivity contribution < 1.29 is 14.0 Å². The number of carbonyl (C=O) groups excluding carboxylic acids is 2. The van der Waals surface area contributed by atoms with E-state index in [1.165, 1.54) is 24.3 Å². The summed E-state index contributed by atoms with van der Waals surface area (Å²) in [5, 5.41) is 10.5. The number of carbonyl (C=O) groups is 2. The Kier molecular flexibility index (Phi) is 6.43. The Labute approximate surface area is 231 Å². The monoisotopic (exact) mass is 553 g/mol.